The van der Waals surface area contributed by atoms with E-state index in [2.05, 4.69) is 5.32 Å². The summed E-state index contributed by atoms with van der Waals surface area (Å²) in [7, 11) is 0. The van der Waals surface area contributed by atoms with Crippen molar-refractivity contribution < 1.29 is 14.9 Å². The molecule has 0 radical (unpaired) electrons. The largest absolute Gasteiger partial charge is 0.491 e. The third-order valence-corrected chi connectivity index (χ3v) is 2.48. The molecule has 0 amide bonds. The normalized spacial score (nSPS) is 12.7. The van der Waals surface area contributed by atoms with Gasteiger partial charge in [0.15, 0.2) is 0 Å². The second kappa shape index (κ2) is 8.08. The Labute approximate surface area is 109 Å². The minimum atomic E-state index is -0.674. The van der Waals surface area contributed by atoms with Crippen molar-refractivity contribution in [3.05, 3.63) is 29.8 Å². The standard InChI is InChI=1S/C14H23NO3/c1-11(2)18-14-5-3-12(4-6-14)7-8-15-9-13(17)10-16/h3-6,11,13,15-17H,7-10H2,1-2H3. The van der Waals surface area contributed by atoms with Crippen LogP contribution >= 0.6 is 0 Å². The van der Waals surface area contributed by atoms with Crippen LogP contribution in [-0.2, 0) is 6.42 Å². The van der Waals surface area contributed by atoms with Crippen molar-refractivity contribution >= 4 is 0 Å². The Morgan fingerprint density at radius 3 is 2.44 bits per heavy atom. The van der Waals surface area contributed by atoms with Crippen LogP contribution < -0.4 is 10.1 Å². The predicted octanol–water partition coefficient (Wildman–Crippen LogP) is 0.959. The van der Waals surface area contributed by atoms with Gasteiger partial charge in [0.2, 0.25) is 0 Å². The summed E-state index contributed by atoms with van der Waals surface area (Å²) in [6, 6.07) is 8.03. The zero-order valence-electron chi connectivity index (χ0n) is 11.1. The highest BCUT2D eigenvalue weighted by atomic mass is 16.5. The molecule has 1 atom stereocenters. The maximum absolute atomic E-state index is 9.15. The lowest BCUT2D eigenvalue weighted by Gasteiger charge is -2.11. The van der Waals surface area contributed by atoms with Crippen LogP contribution in [-0.4, -0.2) is 42.1 Å². The Bertz CT molecular complexity index is 324. The molecule has 0 saturated carbocycles. The first-order chi connectivity index (χ1) is 8.61. The summed E-state index contributed by atoms with van der Waals surface area (Å²) in [6.07, 6.45) is 0.407. The van der Waals surface area contributed by atoms with Gasteiger partial charge >= 0.3 is 0 Å². The molecule has 1 rings (SSSR count). The van der Waals surface area contributed by atoms with Gasteiger partial charge in [-0.05, 0) is 44.5 Å². The van der Waals surface area contributed by atoms with E-state index in [0.717, 1.165) is 18.7 Å². The summed E-state index contributed by atoms with van der Waals surface area (Å²) in [4.78, 5) is 0. The van der Waals surface area contributed by atoms with Crippen LogP contribution in [0, 0.1) is 0 Å². The van der Waals surface area contributed by atoms with Crippen LogP contribution in [0.5, 0.6) is 5.75 Å². The molecule has 0 aliphatic heterocycles. The number of aliphatic hydroxyl groups is 2. The minimum Gasteiger partial charge on any atom is -0.491 e. The molecule has 0 heterocycles. The number of hydrogen-bond acceptors (Lipinski definition) is 4. The van der Waals surface area contributed by atoms with Crippen LogP contribution in [0.1, 0.15) is 19.4 Å². The third kappa shape index (κ3) is 6.00. The number of hydrogen-bond donors (Lipinski definition) is 3. The van der Waals surface area contributed by atoms with E-state index in [9.17, 15) is 0 Å². The maximum Gasteiger partial charge on any atom is 0.119 e. The van der Waals surface area contributed by atoms with Crippen LogP contribution in [0.4, 0.5) is 0 Å². The Hall–Kier alpha value is -1.10. The molecule has 0 aromatic heterocycles. The molecule has 0 spiro atoms. The first-order valence-corrected chi connectivity index (χ1v) is 6.37. The van der Waals surface area contributed by atoms with Crippen molar-refractivity contribution in [2.45, 2.75) is 32.5 Å². The van der Waals surface area contributed by atoms with E-state index in [1.165, 1.54) is 5.56 Å². The summed E-state index contributed by atoms with van der Waals surface area (Å²) in [6.45, 7) is 5.01. The lowest BCUT2D eigenvalue weighted by Crippen LogP contribution is -2.30. The number of benzene rings is 1. The Morgan fingerprint density at radius 2 is 1.89 bits per heavy atom. The van der Waals surface area contributed by atoms with Gasteiger partial charge in [-0.2, -0.15) is 0 Å². The molecule has 0 aliphatic rings. The van der Waals surface area contributed by atoms with Gasteiger partial charge < -0.3 is 20.3 Å². The fraction of sp³-hybridized carbons (Fsp3) is 0.571. The van der Waals surface area contributed by atoms with E-state index in [4.69, 9.17) is 14.9 Å². The monoisotopic (exact) mass is 253 g/mol. The highest BCUT2D eigenvalue weighted by molar-refractivity contribution is 5.27. The zero-order chi connectivity index (χ0) is 13.4. The van der Waals surface area contributed by atoms with Crippen molar-refractivity contribution in [3.63, 3.8) is 0 Å². The predicted molar refractivity (Wildman–Crippen MR) is 71.9 cm³/mol. The van der Waals surface area contributed by atoms with Gasteiger partial charge in [0.05, 0.1) is 18.8 Å². The van der Waals surface area contributed by atoms with Crippen LogP contribution in [0.3, 0.4) is 0 Å². The average molecular weight is 253 g/mol. The molecule has 0 saturated heterocycles. The second-order valence-corrected chi connectivity index (χ2v) is 4.60. The molecule has 1 aromatic rings. The van der Waals surface area contributed by atoms with Crippen molar-refractivity contribution in [2.24, 2.45) is 0 Å². The van der Waals surface area contributed by atoms with Crippen molar-refractivity contribution in [1.82, 2.24) is 5.32 Å². The van der Waals surface area contributed by atoms with Gasteiger partial charge in [-0.25, -0.2) is 0 Å². The number of nitrogens with one attached hydrogen (secondary N) is 1. The highest BCUT2D eigenvalue weighted by Crippen LogP contribution is 2.13. The van der Waals surface area contributed by atoms with E-state index < -0.39 is 6.10 Å². The first-order valence-electron chi connectivity index (χ1n) is 6.37. The fourth-order valence-electron chi connectivity index (χ4n) is 1.57. The molecule has 18 heavy (non-hydrogen) atoms. The second-order valence-electron chi connectivity index (χ2n) is 4.60. The fourth-order valence-corrected chi connectivity index (χ4v) is 1.57. The van der Waals surface area contributed by atoms with Crippen LogP contribution in [0.25, 0.3) is 0 Å². The van der Waals surface area contributed by atoms with E-state index >= 15 is 0 Å². The minimum absolute atomic E-state index is 0.192. The smallest absolute Gasteiger partial charge is 0.119 e. The lowest BCUT2D eigenvalue weighted by atomic mass is 10.1. The molecule has 0 aliphatic carbocycles. The molecule has 3 N–H and O–H groups in total. The molecular weight excluding hydrogens is 230 g/mol. The lowest BCUT2D eigenvalue weighted by molar-refractivity contribution is 0.0947. The SMILES string of the molecule is CC(C)Oc1ccc(CCNCC(O)CO)cc1. The van der Waals surface area contributed by atoms with E-state index in [-0.39, 0.29) is 12.7 Å². The summed E-state index contributed by atoms with van der Waals surface area (Å²) >= 11 is 0. The highest BCUT2D eigenvalue weighted by Gasteiger charge is 2.01. The molecule has 102 valence electrons. The molecule has 4 nitrogen and oxygen atoms in total. The molecule has 0 fully saturated rings. The average Bonchev–Trinajstić information content (AvgIpc) is 2.35. The van der Waals surface area contributed by atoms with E-state index in [1.54, 1.807) is 0 Å². The van der Waals surface area contributed by atoms with Crippen molar-refractivity contribution in [3.8, 4) is 5.75 Å². The zero-order valence-corrected chi connectivity index (χ0v) is 11.1. The first kappa shape index (κ1) is 15.0. The van der Waals surface area contributed by atoms with Gasteiger partial charge in [0.1, 0.15) is 5.75 Å². The summed E-state index contributed by atoms with van der Waals surface area (Å²) in [5, 5.41) is 20.9. The molecular formula is C14H23NO3. The third-order valence-electron chi connectivity index (χ3n) is 2.48. The van der Waals surface area contributed by atoms with Crippen molar-refractivity contribution in [1.29, 1.82) is 0 Å². The van der Waals surface area contributed by atoms with Gasteiger partial charge in [-0.3, -0.25) is 0 Å². The Kier molecular flexibility index (Phi) is 6.72. The van der Waals surface area contributed by atoms with Gasteiger partial charge in [0, 0.05) is 6.54 Å². The maximum atomic E-state index is 9.15. The number of aliphatic hydroxyl groups excluding tert-OH is 2. The van der Waals surface area contributed by atoms with E-state index in [1.807, 2.05) is 38.1 Å². The topological polar surface area (TPSA) is 61.7 Å². The number of ether oxygens (including phenoxy) is 1. The van der Waals surface area contributed by atoms with Crippen LogP contribution in [0.2, 0.25) is 0 Å². The molecule has 1 unspecified atom stereocenters. The molecule has 4 heteroatoms. The van der Waals surface area contributed by atoms with E-state index in [0.29, 0.717) is 6.54 Å². The Balaban J connectivity index is 2.26. The molecule has 0 bridgehead atoms. The summed E-state index contributed by atoms with van der Waals surface area (Å²) in [5.74, 6) is 0.886. The molecule has 1 aromatic carbocycles. The van der Waals surface area contributed by atoms with Gasteiger partial charge in [-0.15, -0.1) is 0 Å². The Morgan fingerprint density at radius 1 is 1.22 bits per heavy atom. The number of rotatable bonds is 8. The van der Waals surface area contributed by atoms with Crippen molar-refractivity contribution in [2.75, 3.05) is 19.7 Å². The summed E-state index contributed by atoms with van der Waals surface area (Å²) < 4.78 is 5.56. The van der Waals surface area contributed by atoms with Crippen LogP contribution in [0.15, 0.2) is 24.3 Å². The van der Waals surface area contributed by atoms with Gasteiger partial charge in [-0.1, -0.05) is 12.1 Å². The van der Waals surface area contributed by atoms with Gasteiger partial charge in [0.25, 0.3) is 0 Å². The summed E-state index contributed by atoms with van der Waals surface area (Å²) in [5.41, 5.74) is 1.22. The quantitative estimate of drug-likeness (QED) is 0.604.